The standard InChI is InChI=1S/C13H12N4O/c1-9-12(15-7-14-9)6-17-8-16-11-5-3-2-4-10(11)13(17)18/h2-5,7-8H,6H2,1H3,(H,14,15). The lowest BCUT2D eigenvalue weighted by molar-refractivity contribution is 0.729. The van der Waals surface area contributed by atoms with E-state index in [9.17, 15) is 4.79 Å². The number of aromatic amines is 1. The number of aryl methyl sites for hydroxylation is 1. The SMILES string of the molecule is Cc1[nH]cnc1Cn1cnc2ccccc2c1=O. The minimum absolute atomic E-state index is 0.0389. The first kappa shape index (κ1) is 10.7. The van der Waals surface area contributed by atoms with E-state index in [0.717, 1.165) is 16.9 Å². The Balaban J connectivity index is 2.11. The molecule has 1 aromatic carbocycles. The Bertz CT molecular complexity index is 757. The zero-order valence-corrected chi connectivity index (χ0v) is 9.92. The van der Waals surface area contributed by atoms with E-state index >= 15 is 0 Å². The Kier molecular flexibility index (Phi) is 2.44. The Labute approximate surface area is 103 Å². The van der Waals surface area contributed by atoms with Gasteiger partial charge in [0.2, 0.25) is 0 Å². The van der Waals surface area contributed by atoms with Gasteiger partial charge >= 0.3 is 0 Å². The summed E-state index contributed by atoms with van der Waals surface area (Å²) in [6.45, 7) is 2.37. The van der Waals surface area contributed by atoms with Crippen LogP contribution in [0.4, 0.5) is 0 Å². The maximum Gasteiger partial charge on any atom is 0.261 e. The first-order chi connectivity index (χ1) is 8.75. The quantitative estimate of drug-likeness (QED) is 0.737. The van der Waals surface area contributed by atoms with E-state index in [1.54, 1.807) is 23.3 Å². The third-order valence-corrected chi connectivity index (χ3v) is 2.99. The molecule has 2 aromatic heterocycles. The van der Waals surface area contributed by atoms with Crippen LogP contribution in [0.15, 0.2) is 41.7 Å². The fourth-order valence-electron chi connectivity index (χ4n) is 1.93. The summed E-state index contributed by atoms with van der Waals surface area (Å²) in [6.07, 6.45) is 3.20. The van der Waals surface area contributed by atoms with Crippen LogP contribution in [0.3, 0.4) is 0 Å². The van der Waals surface area contributed by atoms with Crippen LogP contribution in [-0.4, -0.2) is 19.5 Å². The molecule has 0 saturated heterocycles. The van der Waals surface area contributed by atoms with Crippen LogP contribution in [0.25, 0.3) is 10.9 Å². The highest BCUT2D eigenvalue weighted by molar-refractivity contribution is 5.76. The zero-order valence-electron chi connectivity index (χ0n) is 9.92. The van der Waals surface area contributed by atoms with Crippen molar-refractivity contribution in [2.75, 3.05) is 0 Å². The number of benzene rings is 1. The molecule has 0 fully saturated rings. The van der Waals surface area contributed by atoms with E-state index < -0.39 is 0 Å². The number of H-pyrrole nitrogens is 1. The lowest BCUT2D eigenvalue weighted by atomic mass is 10.2. The van der Waals surface area contributed by atoms with E-state index in [-0.39, 0.29) is 5.56 Å². The number of hydrogen-bond acceptors (Lipinski definition) is 3. The van der Waals surface area contributed by atoms with Crippen LogP contribution >= 0.6 is 0 Å². The number of imidazole rings is 1. The predicted molar refractivity (Wildman–Crippen MR) is 68.4 cm³/mol. The van der Waals surface area contributed by atoms with Crippen molar-refractivity contribution in [3.8, 4) is 0 Å². The molecule has 0 spiro atoms. The maximum atomic E-state index is 12.3. The molecular weight excluding hydrogens is 228 g/mol. The molecule has 0 saturated carbocycles. The minimum atomic E-state index is -0.0389. The number of rotatable bonds is 2. The van der Waals surface area contributed by atoms with Crippen molar-refractivity contribution in [3.63, 3.8) is 0 Å². The van der Waals surface area contributed by atoms with E-state index in [2.05, 4.69) is 15.0 Å². The summed E-state index contributed by atoms with van der Waals surface area (Å²) in [4.78, 5) is 23.7. The van der Waals surface area contributed by atoms with Crippen molar-refractivity contribution in [1.29, 1.82) is 0 Å². The van der Waals surface area contributed by atoms with Crippen LogP contribution in [0, 0.1) is 6.92 Å². The van der Waals surface area contributed by atoms with Gasteiger partial charge in [0.05, 0.1) is 35.8 Å². The van der Waals surface area contributed by atoms with E-state index in [4.69, 9.17) is 0 Å². The first-order valence-corrected chi connectivity index (χ1v) is 5.69. The molecule has 1 N–H and O–H groups in total. The van der Waals surface area contributed by atoms with Gasteiger partial charge in [-0.05, 0) is 19.1 Å². The molecule has 18 heavy (non-hydrogen) atoms. The Hall–Kier alpha value is -2.43. The number of fused-ring (bicyclic) bond motifs is 1. The van der Waals surface area contributed by atoms with Crippen molar-refractivity contribution < 1.29 is 0 Å². The molecule has 0 unspecified atom stereocenters. The van der Waals surface area contributed by atoms with Gasteiger partial charge in [0, 0.05) is 5.69 Å². The van der Waals surface area contributed by atoms with E-state index in [0.29, 0.717) is 11.9 Å². The van der Waals surface area contributed by atoms with Gasteiger partial charge in [0.25, 0.3) is 5.56 Å². The third kappa shape index (κ3) is 1.69. The van der Waals surface area contributed by atoms with Gasteiger partial charge in [0.15, 0.2) is 0 Å². The molecule has 2 heterocycles. The second-order valence-corrected chi connectivity index (χ2v) is 4.17. The van der Waals surface area contributed by atoms with Gasteiger partial charge in [-0.3, -0.25) is 9.36 Å². The van der Waals surface area contributed by atoms with Crippen molar-refractivity contribution in [2.24, 2.45) is 0 Å². The van der Waals surface area contributed by atoms with Gasteiger partial charge in [-0.1, -0.05) is 12.1 Å². The van der Waals surface area contributed by atoms with Crippen LogP contribution in [0.2, 0.25) is 0 Å². The molecular formula is C13H12N4O. The Morgan fingerprint density at radius 3 is 2.89 bits per heavy atom. The lowest BCUT2D eigenvalue weighted by Gasteiger charge is -2.05. The Morgan fingerprint density at radius 1 is 1.28 bits per heavy atom. The smallest absolute Gasteiger partial charge is 0.261 e. The monoisotopic (exact) mass is 240 g/mol. The van der Waals surface area contributed by atoms with Gasteiger partial charge in [0.1, 0.15) is 0 Å². The van der Waals surface area contributed by atoms with Gasteiger partial charge in [-0.2, -0.15) is 0 Å². The summed E-state index contributed by atoms with van der Waals surface area (Å²) in [5.41, 5.74) is 2.50. The molecule has 0 atom stereocenters. The third-order valence-electron chi connectivity index (χ3n) is 2.99. The summed E-state index contributed by atoms with van der Waals surface area (Å²) >= 11 is 0. The van der Waals surface area contributed by atoms with Crippen LogP contribution in [-0.2, 0) is 6.54 Å². The fraction of sp³-hybridized carbons (Fsp3) is 0.154. The van der Waals surface area contributed by atoms with E-state index in [1.807, 2.05) is 25.1 Å². The van der Waals surface area contributed by atoms with Gasteiger partial charge < -0.3 is 4.98 Å². The van der Waals surface area contributed by atoms with Crippen LogP contribution in [0.5, 0.6) is 0 Å². The molecule has 0 aliphatic rings. The number of nitrogens with one attached hydrogen (secondary N) is 1. The molecule has 0 amide bonds. The number of hydrogen-bond donors (Lipinski definition) is 1. The highest BCUT2D eigenvalue weighted by Crippen LogP contribution is 2.06. The lowest BCUT2D eigenvalue weighted by Crippen LogP contribution is -2.21. The number of aromatic nitrogens is 4. The Morgan fingerprint density at radius 2 is 2.11 bits per heavy atom. The molecule has 0 aliphatic carbocycles. The summed E-state index contributed by atoms with van der Waals surface area (Å²) in [6, 6.07) is 7.34. The summed E-state index contributed by atoms with van der Waals surface area (Å²) in [7, 11) is 0. The molecule has 5 nitrogen and oxygen atoms in total. The molecule has 90 valence electrons. The molecule has 0 radical (unpaired) electrons. The first-order valence-electron chi connectivity index (χ1n) is 5.69. The van der Waals surface area contributed by atoms with Crippen LogP contribution < -0.4 is 5.56 Å². The molecule has 0 bridgehead atoms. The maximum absolute atomic E-state index is 12.3. The fourth-order valence-corrected chi connectivity index (χ4v) is 1.93. The highest BCUT2D eigenvalue weighted by Gasteiger charge is 2.06. The average Bonchev–Trinajstić information content (AvgIpc) is 2.79. The zero-order chi connectivity index (χ0) is 12.5. The molecule has 5 heteroatoms. The highest BCUT2D eigenvalue weighted by atomic mass is 16.1. The number of para-hydroxylation sites is 1. The predicted octanol–water partition coefficient (Wildman–Crippen LogP) is 1.48. The van der Waals surface area contributed by atoms with Gasteiger partial charge in [-0.15, -0.1) is 0 Å². The summed E-state index contributed by atoms with van der Waals surface area (Å²) < 4.78 is 1.57. The van der Waals surface area contributed by atoms with E-state index in [1.165, 1.54) is 0 Å². The van der Waals surface area contributed by atoms with Crippen molar-refractivity contribution in [1.82, 2.24) is 19.5 Å². The van der Waals surface area contributed by atoms with Crippen LogP contribution in [0.1, 0.15) is 11.4 Å². The normalized spacial score (nSPS) is 10.9. The van der Waals surface area contributed by atoms with Crippen molar-refractivity contribution in [2.45, 2.75) is 13.5 Å². The minimum Gasteiger partial charge on any atom is -0.348 e. The second kappa shape index (κ2) is 4.10. The molecule has 3 aromatic rings. The van der Waals surface area contributed by atoms with Crippen molar-refractivity contribution in [3.05, 3.63) is 58.7 Å². The molecule has 3 rings (SSSR count). The summed E-state index contributed by atoms with van der Waals surface area (Å²) in [5, 5.41) is 0.633. The van der Waals surface area contributed by atoms with Gasteiger partial charge in [-0.25, -0.2) is 9.97 Å². The topological polar surface area (TPSA) is 63.6 Å². The average molecular weight is 240 g/mol. The molecule has 0 aliphatic heterocycles. The van der Waals surface area contributed by atoms with Crippen molar-refractivity contribution >= 4 is 10.9 Å². The second-order valence-electron chi connectivity index (χ2n) is 4.17. The largest absolute Gasteiger partial charge is 0.348 e. The summed E-state index contributed by atoms with van der Waals surface area (Å²) in [5.74, 6) is 0. The number of nitrogens with zero attached hydrogens (tertiary/aromatic N) is 3.